The van der Waals surface area contributed by atoms with Crippen molar-refractivity contribution in [2.45, 2.75) is 70.7 Å². The van der Waals surface area contributed by atoms with Crippen molar-refractivity contribution < 1.29 is 14.1 Å². The number of quaternary nitrogens is 1. The van der Waals surface area contributed by atoms with Crippen LogP contribution in [0.15, 0.2) is 30.3 Å². The van der Waals surface area contributed by atoms with Crippen LogP contribution in [-0.2, 0) is 16.0 Å². The molecule has 2 heterocycles. The lowest BCUT2D eigenvalue weighted by molar-refractivity contribution is -0.931. The molecule has 2 aliphatic heterocycles. The van der Waals surface area contributed by atoms with Gasteiger partial charge in [0.2, 0.25) is 0 Å². The topological polar surface area (TPSA) is 41.5 Å². The summed E-state index contributed by atoms with van der Waals surface area (Å²) in [4.78, 5) is 0. The molecule has 2 saturated heterocycles. The van der Waals surface area contributed by atoms with Gasteiger partial charge in [0, 0.05) is 5.56 Å². The first-order chi connectivity index (χ1) is 9.87. The van der Waals surface area contributed by atoms with Crippen LogP contribution in [0, 0.1) is 5.21 Å². The molecule has 2 fully saturated rings. The fraction of sp³-hybridized carbons (Fsp3) is 0.647. The summed E-state index contributed by atoms with van der Waals surface area (Å²) in [5, 5.41) is 13.6. The maximum absolute atomic E-state index is 13.6. The molecule has 1 aromatic carbocycles. The Balaban J connectivity index is 1.89. The first kappa shape index (κ1) is 15.0. The van der Waals surface area contributed by atoms with Crippen molar-refractivity contribution >= 4 is 0 Å². The number of likely N-dealkylation sites (tertiary alicyclic amines) is 1. The zero-order chi connectivity index (χ0) is 15.3. The van der Waals surface area contributed by atoms with Gasteiger partial charge in [0.1, 0.15) is 30.8 Å². The van der Waals surface area contributed by atoms with Gasteiger partial charge in [-0.1, -0.05) is 37.3 Å². The Morgan fingerprint density at radius 1 is 1.14 bits per heavy atom. The monoisotopic (exact) mass is 291 g/mol. The van der Waals surface area contributed by atoms with E-state index in [1.807, 2.05) is 51.1 Å². The normalized spacial score (nSPS) is 41.2. The van der Waals surface area contributed by atoms with Crippen LogP contribution in [0.5, 0.6) is 0 Å². The third-order valence-electron chi connectivity index (χ3n) is 4.96. The van der Waals surface area contributed by atoms with Gasteiger partial charge in [0.25, 0.3) is 0 Å². The molecular formula is C17H25NO3. The first-order valence-electron chi connectivity index (χ1n) is 7.85. The van der Waals surface area contributed by atoms with Crippen molar-refractivity contribution in [2.75, 3.05) is 0 Å². The highest BCUT2D eigenvalue weighted by molar-refractivity contribution is 5.14. The highest BCUT2D eigenvalue weighted by Gasteiger charge is 2.61. The van der Waals surface area contributed by atoms with Crippen LogP contribution in [0.25, 0.3) is 0 Å². The van der Waals surface area contributed by atoms with E-state index in [4.69, 9.17) is 9.47 Å². The fourth-order valence-electron chi connectivity index (χ4n) is 3.96. The largest absolute Gasteiger partial charge is 0.632 e. The number of hydrogen-bond acceptors (Lipinski definition) is 3. The van der Waals surface area contributed by atoms with Gasteiger partial charge in [-0.25, -0.2) is 0 Å². The molecule has 0 aliphatic carbocycles. The van der Waals surface area contributed by atoms with E-state index < -0.39 is 5.79 Å². The third kappa shape index (κ3) is 2.40. The van der Waals surface area contributed by atoms with Crippen LogP contribution in [-0.4, -0.2) is 34.7 Å². The Kier molecular flexibility index (Phi) is 3.61. The fourth-order valence-corrected chi connectivity index (χ4v) is 3.96. The van der Waals surface area contributed by atoms with E-state index in [1.165, 1.54) is 0 Å². The molecule has 116 valence electrons. The second kappa shape index (κ2) is 5.06. The number of benzene rings is 1. The molecule has 0 unspecified atom stereocenters. The molecule has 0 saturated carbocycles. The summed E-state index contributed by atoms with van der Waals surface area (Å²) >= 11 is 0. The van der Waals surface area contributed by atoms with Gasteiger partial charge in [-0.05, 0) is 27.2 Å². The van der Waals surface area contributed by atoms with Crippen molar-refractivity contribution in [3.05, 3.63) is 41.1 Å². The standard InChI is InChI=1S/C17H25NO3/c1-5-14-16-15(20-17(3,4)21-16)12(2)18(14,19)11-13-9-7-6-8-10-13/h6-10,12,14-16H,5,11H2,1-4H3/t12-,14+,15+,16-,18+/m0/s1. The van der Waals surface area contributed by atoms with Gasteiger partial charge >= 0.3 is 0 Å². The molecule has 3 rings (SSSR count). The lowest BCUT2D eigenvalue weighted by Gasteiger charge is -2.49. The predicted octanol–water partition coefficient (Wildman–Crippen LogP) is 3.20. The lowest BCUT2D eigenvalue weighted by Crippen LogP contribution is -2.53. The van der Waals surface area contributed by atoms with Gasteiger partial charge in [0.15, 0.2) is 5.79 Å². The van der Waals surface area contributed by atoms with Crippen LogP contribution in [0.4, 0.5) is 0 Å². The van der Waals surface area contributed by atoms with Gasteiger partial charge in [-0.3, -0.25) is 0 Å². The highest BCUT2D eigenvalue weighted by Crippen LogP contribution is 2.46. The van der Waals surface area contributed by atoms with Crippen molar-refractivity contribution in [1.82, 2.24) is 0 Å². The number of hydroxylamine groups is 3. The molecular weight excluding hydrogens is 266 g/mol. The Morgan fingerprint density at radius 2 is 1.76 bits per heavy atom. The minimum atomic E-state index is -0.574. The molecule has 0 aromatic heterocycles. The third-order valence-corrected chi connectivity index (χ3v) is 4.96. The summed E-state index contributed by atoms with van der Waals surface area (Å²) in [5.74, 6) is -0.574. The average molecular weight is 291 g/mol. The highest BCUT2D eigenvalue weighted by atomic mass is 16.8. The Labute approximate surface area is 126 Å². The maximum Gasteiger partial charge on any atom is 0.164 e. The van der Waals surface area contributed by atoms with Crippen LogP contribution >= 0.6 is 0 Å². The average Bonchev–Trinajstić information content (AvgIpc) is 2.83. The van der Waals surface area contributed by atoms with E-state index in [-0.39, 0.29) is 28.9 Å². The number of fused-ring (bicyclic) bond motifs is 1. The SMILES string of the molecule is CC[C@@H]1[C@@H]2OC(C)(C)O[C@@H]2[C@H](C)[N@+]1([O-])Cc1ccccc1. The van der Waals surface area contributed by atoms with E-state index in [0.29, 0.717) is 6.54 Å². The van der Waals surface area contributed by atoms with Crippen LogP contribution in [0.1, 0.15) is 39.7 Å². The number of hydrogen-bond donors (Lipinski definition) is 0. The minimum Gasteiger partial charge on any atom is -0.632 e. The van der Waals surface area contributed by atoms with E-state index in [9.17, 15) is 5.21 Å². The molecule has 0 spiro atoms. The second-order valence-corrected chi connectivity index (χ2v) is 6.78. The predicted molar refractivity (Wildman–Crippen MR) is 81.1 cm³/mol. The zero-order valence-electron chi connectivity index (χ0n) is 13.3. The molecule has 2 aliphatic rings. The zero-order valence-corrected chi connectivity index (χ0v) is 13.3. The summed E-state index contributed by atoms with van der Waals surface area (Å²) in [5.41, 5.74) is 1.08. The van der Waals surface area contributed by atoms with E-state index in [0.717, 1.165) is 12.0 Å². The van der Waals surface area contributed by atoms with Crippen molar-refractivity contribution in [3.63, 3.8) is 0 Å². The van der Waals surface area contributed by atoms with E-state index in [1.54, 1.807) is 0 Å². The van der Waals surface area contributed by atoms with Gasteiger partial charge in [-0.2, -0.15) is 0 Å². The summed E-state index contributed by atoms with van der Waals surface area (Å²) in [7, 11) is 0. The molecule has 5 atom stereocenters. The number of nitrogens with zero attached hydrogens (tertiary/aromatic N) is 1. The maximum atomic E-state index is 13.6. The number of ether oxygens (including phenoxy) is 2. The Bertz CT molecular complexity index is 504. The first-order valence-corrected chi connectivity index (χ1v) is 7.85. The molecule has 0 amide bonds. The van der Waals surface area contributed by atoms with E-state index >= 15 is 0 Å². The smallest absolute Gasteiger partial charge is 0.164 e. The summed E-state index contributed by atoms with van der Waals surface area (Å²) in [6.45, 7) is 8.43. The molecule has 0 N–H and O–H groups in total. The quantitative estimate of drug-likeness (QED) is 0.634. The molecule has 0 bridgehead atoms. The van der Waals surface area contributed by atoms with Gasteiger partial charge in [-0.15, -0.1) is 0 Å². The molecule has 4 nitrogen and oxygen atoms in total. The summed E-state index contributed by atoms with van der Waals surface area (Å²) in [6.07, 6.45) is 0.605. The molecule has 21 heavy (non-hydrogen) atoms. The summed E-state index contributed by atoms with van der Waals surface area (Å²) in [6, 6.07) is 9.83. The Morgan fingerprint density at radius 3 is 2.38 bits per heavy atom. The summed E-state index contributed by atoms with van der Waals surface area (Å²) < 4.78 is 11.8. The second-order valence-electron chi connectivity index (χ2n) is 6.78. The molecule has 1 aromatic rings. The molecule has 0 radical (unpaired) electrons. The van der Waals surface area contributed by atoms with Crippen LogP contribution in [0.3, 0.4) is 0 Å². The lowest BCUT2D eigenvalue weighted by atomic mass is 10.1. The minimum absolute atomic E-state index is 0.0630. The van der Waals surface area contributed by atoms with Gasteiger partial charge in [0.05, 0.1) is 0 Å². The van der Waals surface area contributed by atoms with Crippen LogP contribution in [0.2, 0.25) is 0 Å². The molecule has 4 heteroatoms. The van der Waals surface area contributed by atoms with Crippen LogP contribution < -0.4 is 0 Å². The van der Waals surface area contributed by atoms with E-state index in [2.05, 4.69) is 6.92 Å². The number of rotatable bonds is 3. The van der Waals surface area contributed by atoms with Crippen molar-refractivity contribution in [3.8, 4) is 0 Å². The Hall–Kier alpha value is -0.940. The van der Waals surface area contributed by atoms with Crippen molar-refractivity contribution in [2.24, 2.45) is 0 Å². The van der Waals surface area contributed by atoms with Crippen molar-refractivity contribution in [1.29, 1.82) is 0 Å². The van der Waals surface area contributed by atoms with Gasteiger partial charge < -0.3 is 19.3 Å².